The summed E-state index contributed by atoms with van der Waals surface area (Å²) >= 11 is 0. The number of amides is 1. The predicted octanol–water partition coefficient (Wildman–Crippen LogP) is 3.87. The van der Waals surface area contributed by atoms with Crippen LogP contribution in [-0.2, 0) is 16.0 Å². The van der Waals surface area contributed by atoms with Crippen LogP contribution in [0.1, 0.15) is 36.3 Å². The monoisotopic (exact) mass is 410 g/mol. The van der Waals surface area contributed by atoms with Gasteiger partial charge in [-0.2, -0.15) is 0 Å². The molecule has 2 aliphatic rings. The predicted molar refractivity (Wildman–Crippen MR) is 116 cm³/mol. The van der Waals surface area contributed by atoms with E-state index in [9.17, 15) is 9.18 Å². The van der Waals surface area contributed by atoms with Crippen molar-refractivity contribution in [3.8, 4) is 0 Å². The van der Waals surface area contributed by atoms with Gasteiger partial charge < -0.3 is 9.64 Å². The number of likely N-dealkylation sites (tertiary alicyclic amines) is 1. The first-order chi connectivity index (χ1) is 14.7. The van der Waals surface area contributed by atoms with Crippen molar-refractivity contribution in [2.75, 3.05) is 39.4 Å². The fourth-order valence-corrected chi connectivity index (χ4v) is 4.65. The molecule has 5 heteroatoms. The molecule has 0 aliphatic carbocycles. The molecule has 0 spiro atoms. The van der Waals surface area contributed by atoms with E-state index < -0.39 is 0 Å². The normalized spacial score (nSPS) is 21.4. The molecule has 2 heterocycles. The van der Waals surface area contributed by atoms with Gasteiger partial charge in [0.15, 0.2) is 0 Å². The molecule has 0 aromatic heterocycles. The lowest BCUT2D eigenvalue weighted by atomic mass is 9.89. The highest BCUT2D eigenvalue weighted by Crippen LogP contribution is 2.28. The Labute approximate surface area is 178 Å². The van der Waals surface area contributed by atoms with Crippen LogP contribution in [0.2, 0.25) is 0 Å². The Bertz CT molecular complexity index is 806. The molecule has 0 unspecified atom stereocenters. The first-order valence-electron chi connectivity index (χ1n) is 11.1. The Morgan fingerprint density at radius 3 is 2.47 bits per heavy atom. The Morgan fingerprint density at radius 2 is 1.73 bits per heavy atom. The molecule has 2 aromatic carbocycles. The van der Waals surface area contributed by atoms with Crippen molar-refractivity contribution in [2.45, 2.75) is 37.6 Å². The number of halogens is 1. The van der Waals surface area contributed by atoms with Crippen LogP contribution in [0.3, 0.4) is 0 Å². The highest BCUT2D eigenvalue weighted by atomic mass is 19.1. The third kappa shape index (κ3) is 5.27. The Balaban J connectivity index is 1.54. The third-order valence-corrected chi connectivity index (χ3v) is 6.34. The molecule has 2 atom stereocenters. The minimum atomic E-state index is -0.248. The Hall–Kier alpha value is -2.24. The zero-order valence-electron chi connectivity index (χ0n) is 17.5. The second kappa shape index (κ2) is 10.2. The summed E-state index contributed by atoms with van der Waals surface area (Å²) in [6, 6.07) is 16.8. The summed E-state index contributed by atoms with van der Waals surface area (Å²) in [6.07, 6.45) is 3.88. The van der Waals surface area contributed by atoms with Crippen molar-refractivity contribution in [2.24, 2.45) is 0 Å². The zero-order valence-corrected chi connectivity index (χ0v) is 17.5. The van der Waals surface area contributed by atoms with Crippen LogP contribution in [0, 0.1) is 5.82 Å². The number of nitrogens with zero attached hydrogens (tertiary/aromatic N) is 2. The molecule has 0 N–H and O–H groups in total. The van der Waals surface area contributed by atoms with Crippen LogP contribution in [-0.4, -0.2) is 61.1 Å². The van der Waals surface area contributed by atoms with Gasteiger partial charge in [0, 0.05) is 32.2 Å². The van der Waals surface area contributed by atoms with Gasteiger partial charge in [-0.05, 0) is 48.9 Å². The van der Waals surface area contributed by atoms with E-state index in [1.807, 2.05) is 30.3 Å². The molecule has 2 fully saturated rings. The summed E-state index contributed by atoms with van der Waals surface area (Å²) in [6.45, 7) is 5.18. The van der Waals surface area contributed by atoms with Crippen molar-refractivity contribution >= 4 is 5.91 Å². The summed E-state index contributed by atoms with van der Waals surface area (Å²) in [5.41, 5.74) is 2.02. The molecule has 160 valence electrons. The molecule has 0 bridgehead atoms. The summed E-state index contributed by atoms with van der Waals surface area (Å²) in [4.78, 5) is 18.4. The SMILES string of the molecule is O=C([C@@H](Cc1ccc(F)cc1)c1ccccc1)N1CCCC[C@@H]1CN1CCOCC1. The number of carbonyl (C=O) groups is 1. The number of carbonyl (C=O) groups excluding carboxylic acids is 1. The summed E-state index contributed by atoms with van der Waals surface area (Å²) in [5, 5.41) is 0. The smallest absolute Gasteiger partial charge is 0.230 e. The topological polar surface area (TPSA) is 32.8 Å². The Kier molecular flexibility index (Phi) is 7.13. The van der Waals surface area contributed by atoms with Crippen LogP contribution < -0.4 is 0 Å². The van der Waals surface area contributed by atoms with Gasteiger partial charge in [-0.25, -0.2) is 4.39 Å². The summed E-state index contributed by atoms with van der Waals surface area (Å²) in [5.74, 6) is -0.298. The molecular weight excluding hydrogens is 379 g/mol. The molecule has 0 radical (unpaired) electrons. The molecule has 0 saturated carbocycles. The van der Waals surface area contributed by atoms with Crippen molar-refractivity contribution in [3.05, 3.63) is 71.5 Å². The van der Waals surface area contributed by atoms with Gasteiger partial charge in [0.1, 0.15) is 5.82 Å². The number of hydrogen-bond acceptors (Lipinski definition) is 3. The van der Waals surface area contributed by atoms with Crippen molar-refractivity contribution < 1.29 is 13.9 Å². The quantitative estimate of drug-likeness (QED) is 0.725. The van der Waals surface area contributed by atoms with Crippen LogP contribution in [0.15, 0.2) is 54.6 Å². The van der Waals surface area contributed by atoms with E-state index in [2.05, 4.69) is 9.80 Å². The number of ether oxygens (including phenoxy) is 1. The van der Waals surface area contributed by atoms with Crippen LogP contribution in [0.5, 0.6) is 0 Å². The van der Waals surface area contributed by atoms with E-state index in [0.717, 1.165) is 63.4 Å². The minimum absolute atomic E-state index is 0.198. The summed E-state index contributed by atoms with van der Waals surface area (Å²) in [7, 11) is 0. The second-order valence-electron chi connectivity index (χ2n) is 8.39. The van der Waals surface area contributed by atoms with Gasteiger partial charge in [0.2, 0.25) is 5.91 Å². The van der Waals surface area contributed by atoms with Crippen molar-refractivity contribution in [3.63, 3.8) is 0 Å². The average Bonchev–Trinajstić information content (AvgIpc) is 2.80. The fourth-order valence-electron chi connectivity index (χ4n) is 4.65. The molecule has 4 rings (SSSR count). The molecule has 1 amide bonds. The maximum Gasteiger partial charge on any atom is 0.230 e. The molecular formula is C25H31FN2O2. The summed E-state index contributed by atoms with van der Waals surface area (Å²) < 4.78 is 18.9. The molecule has 2 saturated heterocycles. The Morgan fingerprint density at radius 1 is 1.00 bits per heavy atom. The number of hydrogen-bond donors (Lipinski definition) is 0. The van der Waals surface area contributed by atoms with Crippen molar-refractivity contribution in [1.82, 2.24) is 9.80 Å². The van der Waals surface area contributed by atoms with E-state index in [1.165, 1.54) is 18.6 Å². The van der Waals surface area contributed by atoms with E-state index >= 15 is 0 Å². The second-order valence-corrected chi connectivity index (χ2v) is 8.39. The lowest BCUT2D eigenvalue weighted by Crippen LogP contribution is -2.52. The van der Waals surface area contributed by atoms with Crippen LogP contribution >= 0.6 is 0 Å². The molecule has 2 aromatic rings. The molecule has 30 heavy (non-hydrogen) atoms. The van der Waals surface area contributed by atoms with Crippen LogP contribution in [0.4, 0.5) is 4.39 Å². The highest BCUT2D eigenvalue weighted by Gasteiger charge is 2.33. The maximum absolute atomic E-state index is 13.8. The van der Waals surface area contributed by atoms with Gasteiger partial charge in [-0.15, -0.1) is 0 Å². The van der Waals surface area contributed by atoms with Gasteiger partial charge in [0.05, 0.1) is 19.1 Å². The fraction of sp³-hybridized carbons (Fsp3) is 0.480. The van der Waals surface area contributed by atoms with Gasteiger partial charge >= 0.3 is 0 Å². The van der Waals surface area contributed by atoms with Crippen LogP contribution in [0.25, 0.3) is 0 Å². The lowest BCUT2D eigenvalue weighted by molar-refractivity contribution is -0.137. The lowest BCUT2D eigenvalue weighted by Gasteiger charge is -2.41. The first-order valence-corrected chi connectivity index (χ1v) is 11.1. The number of piperidine rings is 1. The standard InChI is InChI=1S/C25H31FN2O2/c26-22-11-9-20(10-12-22)18-24(21-6-2-1-3-7-21)25(29)28-13-5-4-8-23(28)19-27-14-16-30-17-15-27/h1-3,6-7,9-12,23-24H,4-5,8,13-19H2/t23-,24+/m1/s1. The van der Waals surface area contributed by atoms with E-state index in [4.69, 9.17) is 4.74 Å². The number of morpholine rings is 1. The minimum Gasteiger partial charge on any atom is -0.379 e. The number of rotatable bonds is 6. The van der Waals surface area contributed by atoms with E-state index in [-0.39, 0.29) is 23.7 Å². The number of benzene rings is 2. The van der Waals surface area contributed by atoms with Gasteiger partial charge in [0.25, 0.3) is 0 Å². The highest BCUT2D eigenvalue weighted by molar-refractivity contribution is 5.84. The first kappa shape index (κ1) is 21.0. The van der Waals surface area contributed by atoms with E-state index in [0.29, 0.717) is 6.42 Å². The van der Waals surface area contributed by atoms with E-state index in [1.54, 1.807) is 12.1 Å². The maximum atomic E-state index is 13.8. The van der Waals surface area contributed by atoms with Crippen molar-refractivity contribution in [1.29, 1.82) is 0 Å². The largest absolute Gasteiger partial charge is 0.379 e. The van der Waals surface area contributed by atoms with Gasteiger partial charge in [-0.3, -0.25) is 9.69 Å². The third-order valence-electron chi connectivity index (χ3n) is 6.34. The molecule has 2 aliphatic heterocycles. The zero-order chi connectivity index (χ0) is 20.8. The van der Waals surface area contributed by atoms with Gasteiger partial charge in [-0.1, -0.05) is 42.5 Å². The molecule has 4 nitrogen and oxygen atoms in total. The average molecular weight is 411 g/mol.